The van der Waals surface area contributed by atoms with Crippen LogP contribution in [0.5, 0.6) is 0 Å². The van der Waals surface area contributed by atoms with Gasteiger partial charge in [0, 0.05) is 11.9 Å². The standard InChI is InChI=1S/C11H17ClN2O2S/c1-7(6-15)14(3)11(16)13-8(2)9-4-5-10(12)17-9/h4-5,7-8,15H,6H2,1-3H3,(H,13,16). The Morgan fingerprint density at radius 2 is 2.24 bits per heavy atom. The van der Waals surface area contributed by atoms with Gasteiger partial charge in [0.15, 0.2) is 0 Å². The van der Waals surface area contributed by atoms with Gasteiger partial charge in [0.2, 0.25) is 0 Å². The fraction of sp³-hybridized carbons (Fsp3) is 0.545. The number of amides is 2. The Morgan fingerprint density at radius 3 is 2.71 bits per heavy atom. The SMILES string of the molecule is CC(NC(=O)N(C)C(C)CO)c1ccc(Cl)s1. The van der Waals surface area contributed by atoms with Crippen LogP contribution in [-0.2, 0) is 0 Å². The van der Waals surface area contributed by atoms with Gasteiger partial charge in [-0.1, -0.05) is 11.6 Å². The van der Waals surface area contributed by atoms with Crippen molar-refractivity contribution in [3.05, 3.63) is 21.3 Å². The van der Waals surface area contributed by atoms with Gasteiger partial charge in [-0.2, -0.15) is 0 Å². The van der Waals surface area contributed by atoms with E-state index in [0.717, 1.165) is 4.88 Å². The van der Waals surface area contributed by atoms with Crippen LogP contribution >= 0.6 is 22.9 Å². The van der Waals surface area contributed by atoms with Crippen LogP contribution < -0.4 is 5.32 Å². The largest absolute Gasteiger partial charge is 0.394 e. The van der Waals surface area contributed by atoms with E-state index in [2.05, 4.69) is 5.32 Å². The Hall–Kier alpha value is -0.780. The second kappa shape index (κ2) is 6.23. The fourth-order valence-electron chi connectivity index (χ4n) is 1.24. The molecule has 0 bridgehead atoms. The number of nitrogens with one attached hydrogen (secondary N) is 1. The number of carbonyl (C=O) groups is 1. The van der Waals surface area contributed by atoms with Gasteiger partial charge in [0.05, 0.1) is 23.0 Å². The predicted octanol–water partition coefficient (Wildman–Crippen LogP) is 2.48. The highest BCUT2D eigenvalue weighted by molar-refractivity contribution is 7.16. The summed E-state index contributed by atoms with van der Waals surface area (Å²) >= 11 is 7.29. The van der Waals surface area contributed by atoms with E-state index in [1.54, 1.807) is 14.0 Å². The summed E-state index contributed by atoms with van der Waals surface area (Å²) in [5.74, 6) is 0. The second-order valence-corrected chi connectivity index (χ2v) is 5.70. The van der Waals surface area contributed by atoms with E-state index in [1.165, 1.54) is 16.2 Å². The van der Waals surface area contributed by atoms with E-state index in [1.807, 2.05) is 19.1 Å². The normalized spacial score (nSPS) is 14.2. The van der Waals surface area contributed by atoms with Gasteiger partial charge in [0.1, 0.15) is 0 Å². The maximum atomic E-state index is 11.8. The van der Waals surface area contributed by atoms with E-state index in [4.69, 9.17) is 16.7 Å². The van der Waals surface area contributed by atoms with Crippen LogP contribution in [-0.4, -0.2) is 35.7 Å². The molecular formula is C11H17ClN2O2S. The summed E-state index contributed by atoms with van der Waals surface area (Å²) in [6.45, 7) is 3.63. The molecule has 0 saturated carbocycles. The highest BCUT2D eigenvalue weighted by atomic mass is 35.5. The first-order chi connectivity index (χ1) is 7.95. The molecule has 0 aliphatic heterocycles. The van der Waals surface area contributed by atoms with E-state index < -0.39 is 0 Å². The smallest absolute Gasteiger partial charge is 0.317 e. The lowest BCUT2D eigenvalue weighted by atomic mass is 10.3. The first-order valence-electron chi connectivity index (χ1n) is 5.35. The summed E-state index contributed by atoms with van der Waals surface area (Å²) < 4.78 is 0.707. The van der Waals surface area contributed by atoms with Gasteiger partial charge in [0.25, 0.3) is 0 Å². The first-order valence-corrected chi connectivity index (χ1v) is 6.54. The van der Waals surface area contributed by atoms with Crippen LogP contribution in [0.25, 0.3) is 0 Å². The van der Waals surface area contributed by atoms with E-state index >= 15 is 0 Å². The summed E-state index contributed by atoms with van der Waals surface area (Å²) in [5, 5.41) is 11.8. The molecule has 1 aromatic heterocycles. The quantitative estimate of drug-likeness (QED) is 0.888. The van der Waals surface area contributed by atoms with Crippen LogP contribution in [0.1, 0.15) is 24.8 Å². The van der Waals surface area contributed by atoms with Gasteiger partial charge >= 0.3 is 6.03 Å². The lowest BCUT2D eigenvalue weighted by Crippen LogP contribution is -2.44. The van der Waals surface area contributed by atoms with E-state index in [0.29, 0.717) is 4.34 Å². The first kappa shape index (κ1) is 14.3. The third kappa shape index (κ3) is 3.87. The molecule has 0 spiro atoms. The molecule has 0 saturated heterocycles. The maximum absolute atomic E-state index is 11.8. The monoisotopic (exact) mass is 276 g/mol. The van der Waals surface area contributed by atoms with Crippen molar-refractivity contribution < 1.29 is 9.90 Å². The molecule has 1 rings (SSSR count). The minimum atomic E-state index is -0.205. The summed E-state index contributed by atoms with van der Waals surface area (Å²) in [7, 11) is 1.66. The maximum Gasteiger partial charge on any atom is 0.317 e. The zero-order valence-electron chi connectivity index (χ0n) is 10.1. The summed E-state index contributed by atoms with van der Waals surface area (Å²) in [4.78, 5) is 14.3. The molecule has 0 radical (unpaired) electrons. The zero-order chi connectivity index (χ0) is 13.0. The molecule has 0 aliphatic rings. The van der Waals surface area contributed by atoms with Crippen molar-refractivity contribution >= 4 is 29.0 Å². The number of rotatable bonds is 4. The molecule has 2 amide bonds. The van der Waals surface area contributed by atoms with Gasteiger partial charge in [-0.05, 0) is 26.0 Å². The van der Waals surface area contributed by atoms with Crippen LogP contribution in [0.15, 0.2) is 12.1 Å². The molecule has 2 N–H and O–H groups in total. The molecule has 0 aromatic carbocycles. The molecule has 17 heavy (non-hydrogen) atoms. The third-order valence-electron chi connectivity index (χ3n) is 2.61. The van der Waals surface area contributed by atoms with Gasteiger partial charge < -0.3 is 15.3 Å². The molecule has 6 heteroatoms. The summed E-state index contributed by atoms with van der Waals surface area (Å²) in [6, 6.07) is 3.21. The van der Waals surface area contributed by atoms with Crippen molar-refractivity contribution in [3.8, 4) is 0 Å². The molecule has 2 atom stereocenters. The lowest BCUT2D eigenvalue weighted by Gasteiger charge is -2.25. The average Bonchev–Trinajstić information content (AvgIpc) is 2.73. The topological polar surface area (TPSA) is 52.6 Å². The number of urea groups is 1. The van der Waals surface area contributed by atoms with Gasteiger partial charge in [-0.25, -0.2) is 4.79 Å². The fourth-order valence-corrected chi connectivity index (χ4v) is 2.31. The summed E-state index contributed by atoms with van der Waals surface area (Å²) in [5.41, 5.74) is 0. The summed E-state index contributed by atoms with van der Waals surface area (Å²) in [6.07, 6.45) is 0. The number of nitrogens with zero attached hydrogens (tertiary/aromatic N) is 1. The molecule has 1 heterocycles. The van der Waals surface area contributed by atoms with Crippen LogP contribution in [0, 0.1) is 0 Å². The number of aliphatic hydroxyl groups is 1. The molecular weight excluding hydrogens is 260 g/mol. The Labute approximate surface area is 110 Å². The van der Waals surface area contributed by atoms with Gasteiger partial charge in [-0.15, -0.1) is 11.3 Å². The molecule has 0 fully saturated rings. The van der Waals surface area contributed by atoms with E-state index in [-0.39, 0.29) is 24.7 Å². The van der Waals surface area contributed by atoms with Crippen molar-refractivity contribution in [3.63, 3.8) is 0 Å². The van der Waals surface area contributed by atoms with Crippen molar-refractivity contribution in [2.75, 3.05) is 13.7 Å². The Bertz CT molecular complexity index is 383. The third-order valence-corrected chi connectivity index (χ3v) is 4.02. The van der Waals surface area contributed by atoms with Crippen LogP contribution in [0.4, 0.5) is 4.79 Å². The minimum Gasteiger partial charge on any atom is -0.394 e. The highest BCUT2D eigenvalue weighted by Gasteiger charge is 2.18. The van der Waals surface area contributed by atoms with Crippen LogP contribution in [0.2, 0.25) is 4.34 Å². The number of likely N-dealkylation sites (N-methyl/N-ethyl adjacent to an activating group) is 1. The van der Waals surface area contributed by atoms with Crippen molar-refractivity contribution in [1.29, 1.82) is 0 Å². The number of hydrogen-bond acceptors (Lipinski definition) is 3. The molecule has 96 valence electrons. The Balaban J connectivity index is 2.57. The Kier molecular flexibility index (Phi) is 5.24. The van der Waals surface area contributed by atoms with Crippen molar-refractivity contribution in [2.45, 2.75) is 25.9 Å². The number of hydrogen-bond donors (Lipinski definition) is 2. The average molecular weight is 277 g/mol. The number of aliphatic hydroxyl groups excluding tert-OH is 1. The second-order valence-electron chi connectivity index (χ2n) is 3.96. The molecule has 0 aliphatic carbocycles. The number of halogens is 1. The highest BCUT2D eigenvalue weighted by Crippen LogP contribution is 2.26. The number of carbonyl (C=O) groups excluding carboxylic acids is 1. The minimum absolute atomic E-state index is 0.0524. The van der Waals surface area contributed by atoms with E-state index in [9.17, 15) is 4.79 Å². The molecule has 2 unspecified atom stereocenters. The Morgan fingerprint density at radius 1 is 1.59 bits per heavy atom. The van der Waals surface area contributed by atoms with Crippen molar-refractivity contribution in [1.82, 2.24) is 10.2 Å². The van der Waals surface area contributed by atoms with Crippen molar-refractivity contribution in [2.24, 2.45) is 0 Å². The zero-order valence-corrected chi connectivity index (χ0v) is 11.7. The molecule has 4 nitrogen and oxygen atoms in total. The predicted molar refractivity (Wildman–Crippen MR) is 70.6 cm³/mol. The molecule has 1 aromatic rings. The van der Waals surface area contributed by atoms with Crippen LogP contribution in [0.3, 0.4) is 0 Å². The lowest BCUT2D eigenvalue weighted by molar-refractivity contribution is 0.155. The number of thiophene rings is 1. The van der Waals surface area contributed by atoms with Gasteiger partial charge in [-0.3, -0.25) is 0 Å².